The molecule has 1 amide bonds. The molecule has 2 aromatic heterocycles. The number of nitrogens with one attached hydrogen (secondary N) is 2. The van der Waals surface area contributed by atoms with Crippen molar-refractivity contribution < 1.29 is 9.53 Å². The summed E-state index contributed by atoms with van der Waals surface area (Å²) in [7, 11) is 0. The first-order valence-electron chi connectivity index (χ1n) is 15.4. The molecule has 0 saturated carbocycles. The first kappa shape index (κ1) is 29.0. The van der Waals surface area contributed by atoms with E-state index in [1.54, 1.807) is 4.90 Å². The predicted molar refractivity (Wildman–Crippen MR) is 169 cm³/mol. The number of rotatable bonds is 3. The summed E-state index contributed by atoms with van der Waals surface area (Å²) in [5.41, 5.74) is 5.42. The molecule has 4 aromatic rings. The van der Waals surface area contributed by atoms with Gasteiger partial charge in [0.05, 0.1) is 29.3 Å². The Kier molecular flexibility index (Phi) is 7.55. The Balaban J connectivity index is 1.15. The zero-order chi connectivity index (χ0) is 30.4. The first-order chi connectivity index (χ1) is 20.4. The van der Waals surface area contributed by atoms with Crippen LogP contribution < -0.4 is 0 Å². The number of fused-ring (bicyclic) bond motifs is 1. The molecule has 2 atom stereocenters. The average Bonchev–Trinajstić information content (AvgIpc) is 3.75. The number of hydrogen-bond acceptors (Lipinski definition) is 5. The Labute approximate surface area is 254 Å². The molecule has 0 spiro atoms. The van der Waals surface area contributed by atoms with Crippen molar-refractivity contribution in [3.05, 3.63) is 71.6 Å². The summed E-state index contributed by atoms with van der Waals surface area (Å²) in [4.78, 5) is 33.6. The van der Waals surface area contributed by atoms with Crippen LogP contribution in [-0.2, 0) is 4.74 Å². The van der Waals surface area contributed by atoms with Crippen molar-refractivity contribution in [3.63, 3.8) is 0 Å². The molecule has 224 valence electrons. The van der Waals surface area contributed by atoms with Crippen LogP contribution in [0.3, 0.4) is 0 Å². The SMILES string of the molecule is CC(C)(C)OC(=O)N1CCC[C@H]1c1nc2ccc(-c3ccc(C#Cc4cnc([C@@H]5CCCN5C(C)(C)C)[nH]4)cc3)cc2[nH]1. The van der Waals surface area contributed by atoms with E-state index in [1.807, 2.05) is 33.0 Å². The number of carbonyl (C=O) groups excluding carboxylic acids is 1. The molecule has 43 heavy (non-hydrogen) atoms. The van der Waals surface area contributed by atoms with Gasteiger partial charge in [0.1, 0.15) is 22.9 Å². The zero-order valence-electron chi connectivity index (χ0n) is 26.1. The van der Waals surface area contributed by atoms with E-state index in [0.29, 0.717) is 12.6 Å². The van der Waals surface area contributed by atoms with Crippen LogP contribution in [0.4, 0.5) is 4.79 Å². The lowest BCUT2D eigenvalue weighted by Crippen LogP contribution is -2.40. The van der Waals surface area contributed by atoms with Crippen molar-refractivity contribution in [2.24, 2.45) is 0 Å². The summed E-state index contributed by atoms with van der Waals surface area (Å²) in [5.74, 6) is 8.36. The molecule has 0 unspecified atom stereocenters. The molecule has 8 nitrogen and oxygen atoms in total. The van der Waals surface area contributed by atoms with Gasteiger partial charge in [0.25, 0.3) is 0 Å². The number of H-pyrrole nitrogens is 2. The van der Waals surface area contributed by atoms with Gasteiger partial charge >= 0.3 is 6.09 Å². The fraction of sp³-hybridized carbons (Fsp3) is 0.457. The van der Waals surface area contributed by atoms with Crippen LogP contribution in [0.5, 0.6) is 0 Å². The highest BCUT2D eigenvalue weighted by Gasteiger charge is 2.36. The van der Waals surface area contributed by atoms with Crippen molar-refractivity contribution in [2.45, 2.75) is 90.4 Å². The smallest absolute Gasteiger partial charge is 0.410 e. The maximum Gasteiger partial charge on any atom is 0.410 e. The van der Waals surface area contributed by atoms with E-state index in [9.17, 15) is 4.79 Å². The second kappa shape index (κ2) is 11.2. The summed E-state index contributed by atoms with van der Waals surface area (Å²) in [6.45, 7) is 14.2. The van der Waals surface area contributed by atoms with Crippen molar-refractivity contribution in [1.29, 1.82) is 0 Å². The van der Waals surface area contributed by atoms with Gasteiger partial charge in [-0.25, -0.2) is 14.8 Å². The van der Waals surface area contributed by atoms with Gasteiger partial charge in [-0.15, -0.1) is 0 Å². The van der Waals surface area contributed by atoms with Crippen LogP contribution >= 0.6 is 0 Å². The Hall–Kier alpha value is -4.09. The zero-order valence-corrected chi connectivity index (χ0v) is 26.1. The second-order valence-electron chi connectivity index (χ2n) is 13.7. The summed E-state index contributed by atoms with van der Waals surface area (Å²) < 4.78 is 5.64. The highest BCUT2D eigenvalue weighted by Crippen LogP contribution is 2.36. The van der Waals surface area contributed by atoms with Crippen LogP contribution in [0.1, 0.15) is 102 Å². The van der Waals surface area contributed by atoms with Gasteiger partial charge in [-0.1, -0.05) is 24.1 Å². The lowest BCUT2D eigenvalue weighted by Gasteiger charge is -2.36. The molecule has 0 bridgehead atoms. The molecule has 8 heteroatoms. The van der Waals surface area contributed by atoms with Crippen molar-refractivity contribution in [3.8, 4) is 23.0 Å². The van der Waals surface area contributed by atoms with Crippen LogP contribution in [-0.4, -0.2) is 60.1 Å². The summed E-state index contributed by atoms with van der Waals surface area (Å²) in [5, 5.41) is 0. The van der Waals surface area contributed by atoms with Gasteiger partial charge in [-0.2, -0.15) is 0 Å². The number of carbonyl (C=O) groups is 1. The molecular formula is C35H42N6O2. The molecule has 2 aromatic carbocycles. The van der Waals surface area contributed by atoms with E-state index in [2.05, 4.69) is 88.9 Å². The van der Waals surface area contributed by atoms with Gasteiger partial charge in [-0.05, 0) is 115 Å². The van der Waals surface area contributed by atoms with Crippen LogP contribution in [0.15, 0.2) is 48.7 Å². The van der Waals surface area contributed by atoms with Crippen molar-refractivity contribution in [1.82, 2.24) is 29.7 Å². The number of amides is 1. The van der Waals surface area contributed by atoms with E-state index >= 15 is 0 Å². The highest BCUT2D eigenvalue weighted by molar-refractivity contribution is 5.82. The summed E-state index contributed by atoms with van der Waals surface area (Å²) in [6.07, 6.45) is 5.67. The van der Waals surface area contributed by atoms with E-state index in [0.717, 1.165) is 70.9 Å². The van der Waals surface area contributed by atoms with Gasteiger partial charge in [0.2, 0.25) is 0 Å². The molecule has 6 rings (SSSR count). The van der Waals surface area contributed by atoms with E-state index in [-0.39, 0.29) is 17.7 Å². The van der Waals surface area contributed by atoms with E-state index in [1.165, 1.54) is 6.42 Å². The predicted octanol–water partition coefficient (Wildman–Crippen LogP) is 7.36. The lowest BCUT2D eigenvalue weighted by molar-refractivity contribution is 0.0219. The Morgan fingerprint density at radius 2 is 1.60 bits per heavy atom. The first-order valence-corrected chi connectivity index (χ1v) is 15.4. The molecule has 2 fully saturated rings. The minimum atomic E-state index is -0.527. The Morgan fingerprint density at radius 3 is 2.35 bits per heavy atom. The number of benzene rings is 2. The molecular weight excluding hydrogens is 536 g/mol. The number of ether oxygens (including phenoxy) is 1. The molecule has 2 saturated heterocycles. The number of nitrogens with zero attached hydrogens (tertiary/aromatic N) is 4. The third-order valence-electron chi connectivity index (χ3n) is 8.28. The maximum atomic E-state index is 12.8. The molecule has 2 aliphatic heterocycles. The fourth-order valence-corrected chi connectivity index (χ4v) is 6.27. The summed E-state index contributed by atoms with van der Waals surface area (Å²) in [6, 6.07) is 14.8. The number of hydrogen-bond donors (Lipinski definition) is 2. The standard InChI is InChI=1S/C35H42N6O2/c1-34(2,3)41-20-8-10-30(41)31-36-22-26(37-31)17-13-23-11-14-24(15-12-23)25-16-18-27-28(21-25)39-32(38-27)29-9-7-19-40(29)33(42)43-35(4,5)6/h11-12,14-16,18,21-22,29-30H,7-10,19-20H2,1-6H3,(H,36,37)(H,38,39)/t29-,30-/m0/s1. The minimum absolute atomic E-state index is 0.106. The third-order valence-corrected chi connectivity index (χ3v) is 8.28. The van der Waals surface area contributed by atoms with E-state index < -0.39 is 5.60 Å². The number of imidazole rings is 2. The largest absolute Gasteiger partial charge is 0.444 e. The third kappa shape index (κ3) is 6.33. The van der Waals surface area contributed by atoms with E-state index in [4.69, 9.17) is 9.72 Å². The minimum Gasteiger partial charge on any atom is -0.444 e. The number of aromatic nitrogens is 4. The average molecular weight is 579 g/mol. The fourth-order valence-electron chi connectivity index (χ4n) is 6.27. The Bertz CT molecular complexity index is 1680. The van der Waals surface area contributed by atoms with Crippen molar-refractivity contribution >= 4 is 17.1 Å². The lowest BCUT2D eigenvalue weighted by atomic mass is 10.0. The van der Waals surface area contributed by atoms with Gasteiger partial charge < -0.3 is 14.7 Å². The topological polar surface area (TPSA) is 90.1 Å². The molecule has 2 aliphatic rings. The normalized spacial score (nSPS) is 19.5. The highest BCUT2D eigenvalue weighted by atomic mass is 16.6. The van der Waals surface area contributed by atoms with Crippen LogP contribution in [0.25, 0.3) is 22.2 Å². The quantitative estimate of drug-likeness (QED) is 0.248. The monoisotopic (exact) mass is 578 g/mol. The summed E-state index contributed by atoms with van der Waals surface area (Å²) >= 11 is 0. The molecule has 0 radical (unpaired) electrons. The van der Waals surface area contributed by atoms with Gasteiger partial charge in [0, 0.05) is 17.6 Å². The molecule has 2 N–H and O–H groups in total. The maximum absolute atomic E-state index is 12.8. The van der Waals surface area contributed by atoms with Crippen molar-refractivity contribution in [2.75, 3.05) is 13.1 Å². The molecule has 4 heterocycles. The second-order valence-corrected chi connectivity index (χ2v) is 13.7. The number of likely N-dealkylation sites (tertiary alicyclic amines) is 2. The van der Waals surface area contributed by atoms with Gasteiger partial charge in [-0.3, -0.25) is 9.80 Å². The van der Waals surface area contributed by atoms with Gasteiger partial charge in [0.15, 0.2) is 0 Å². The van der Waals surface area contributed by atoms with Crippen LogP contribution in [0.2, 0.25) is 0 Å². The van der Waals surface area contributed by atoms with Crippen LogP contribution in [0, 0.1) is 11.8 Å². The molecule has 0 aliphatic carbocycles. The Morgan fingerprint density at radius 1 is 0.884 bits per heavy atom. The number of aromatic amines is 2.